The Morgan fingerprint density at radius 1 is 1.30 bits per heavy atom. The minimum Gasteiger partial charge on any atom is -0.398 e. The van der Waals surface area contributed by atoms with Gasteiger partial charge in [0.25, 0.3) is 0 Å². The largest absolute Gasteiger partial charge is 0.398 e. The monoisotopic (exact) mass is 301 g/mol. The van der Waals surface area contributed by atoms with Crippen molar-refractivity contribution in [2.45, 2.75) is 23.8 Å². The first kappa shape index (κ1) is 15.2. The Labute approximate surface area is 119 Å². The number of halogens is 1. The Balaban J connectivity index is 2.25. The first-order chi connectivity index (χ1) is 9.34. The van der Waals surface area contributed by atoms with Crippen molar-refractivity contribution in [3.63, 3.8) is 0 Å². The van der Waals surface area contributed by atoms with Crippen molar-refractivity contribution < 1.29 is 12.8 Å². The lowest BCUT2D eigenvalue weighted by Crippen LogP contribution is -2.44. The maximum absolute atomic E-state index is 13.8. The Bertz CT molecular complexity index is 561. The van der Waals surface area contributed by atoms with Crippen LogP contribution < -0.4 is 5.73 Å². The van der Waals surface area contributed by atoms with E-state index in [1.54, 1.807) is 0 Å². The number of nitrogen functional groups attached to an aromatic ring is 1. The van der Waals surface area contributed by atoms with E-state index in [0.717, 1.165) is 18.9 Å². The quantitative estimate of drug-likeness (QED) is 0.850. The van der Waals surface area contributed by atoms with Gasteiger partial charge in [-0.15, -0.1) is 0 Å². The number of nitrogens with zero attached hydrogens (tertiary/aromatic N) is 2. The Hall–Kier alpha value is -1.18. The predicted molar refractivity (Wildman–Crippen MR) is 76.3 cm³/mol. The molecular weight excluding hydrogens is 281 g/mol. The number of benzene rings is 1. The predicted octanol–water partition coefficient (Wildman–Crippen LogP) is 1.12. The molecule has 1 aliphatic heterocycles. The molecule has 1 aliphatic rings. The first-order valence-corrected chi connectivity index (χ1v) is 7.98. The standard InChI is InChI=1S/C13H20FN3O2S/c1-16(2)10-6-8-17(9-7-10)20(18,19)13-11(14)4-3-5-12(13)15/h3-5,10H,6-9,15H2,1-2H3. The Kier molecular flexibility index (Phi) is 4.31. The summed E-state index contributed by atoms with van der Waals surface area (Å²) in [7, 11) is 0.0941. The van der Waals surface area contributed by atoms with Crippen molar-refractivity contribution in [2.75, 3.05) is 32.9 Å². The lowest BCUT2D eigenvalue weighted by Gasteiger charge is -2.34. The third-order valence-electron chi connectivity index (χ3n) is 3.75. The van der Waals surface area contributed by atoms with E-state index in [0.29, 0.717) is 19.1 Å². The van der Waals surface area contributed by atoms with Gasteiger partial charge in [0.15, 0.2) is 0 Å². The van der Waals surface area contributed by atoms with E-state index in [1.807, 2.05) is 14.1 Å². The molecule has 2 rings (SSSR count). The zero-order valence-corrected chi connectivity index (χ0v) is 12.5. The van der Waals surface area contributed by atoms with Crippen LogP contribution in [0.2, 0.25) is 0 Å². The lowest BCUT2D eigenvalue weighted by molar-refractivity contribution is 0.196. The lowest BCUT2D eigenvalue weighted by atomic mass is 10.1. The molecule has 20 heavy (non-hydrogen) atoms. The van der Waals surface area contributed by atoms with Gasteiger partial charge >= 0.3 is 0 Å². The van der Waals surface area contributed by atoms with Crippen LogP contribution in [-0.2, 0) is 10.0 Å². The van der Waals surface area contributed by atoms with E-state index < -0.39 is 20.7 Å². The van der Waals surface area contributed by atoms with Gasteiger partial charge in [-0.1, -0.05) is 6.07 Å². The van der Waals surface area contributed by atoms with Gasteiger partial charge in [-0.25, -0.2) is 12.8 Å². The molecule has 1 fully saturated rings. The number of hydrogen-bond acceptors (Lipinski definition) is 4. The van der Waals surface area contributed by atoms with Crippen LogP contribution in [0, 0.1) is 5.82 Å². The second-order valence-electron chi connectivity index (χ2n) is 5.26. The molecule has 1 saturated heterocycles. The topological polar surface area (TPSA) is 66.6 Å². The van der Waals surface area contributed by atoms with E-state index >= 15 is 0 Å². The zero-order valence-electron chi connectivity index (χ0n) is 11.7. The van der Waals surface area contributed by atoms with Crippen LogP contribution in [0.1, 0.15) is 12.8 Å². The van der Waals surface area contributed by atoms with Crippen molar-refractivity contribution in [3.8, 4) is 0 Å². The van der Waals surface area contributed by atoms with Crippen LogP contribution in [0.15, 0.2) is 23.1 Å². The van der Waals surface area contributed by atoms with Gasteiger partial charge in [0.1, 0.15) is 10.7 Å². The van der Waals surface area contributed by atoms with E-state index in [2.05, 4.69) is 4.90 Å². The van der Waals surface area contributed by atoms with Crippen molar-refractivity contribution in [3.05, 3.63) is 24.0 Å². The van der Waals surface area contributed by atoms with Crippen molar-refractivity contribution in [1.82, 2.24) is 9.21 Å². The SMILES string of the molecule is CN(C)C1CCN(S(=O)(=O)c2c(N)cccc2F)CC1. The number of sulfonamides is 1. The van der Waals surface area contributed by atoms with Gasteiger partial charge in [0.05, 0.1) is 5.69 Å². The van der Waals surface area contributed by atoms with Gasteiger partial charge in [-0.05, 0) is 39.1 Å². The summed E-state index contributed by atoms with van der Waals surface area (Å²) in [6.07, 6.45) is 1.47. The molecule has 5 nitrogen and oxygen atoms in total. The molecule has 112 valence electrons. The average Bonchev–Trinajstić information content (AvgIpc) is 2.38. The average molecular weight is 301 g/mol. The van der Waals surface area contributed by atoms with Crippen molar-refractivity contribution in [2.24, 2.45) is 0 Å². The fourth-order valence-corrected chi connectivity index (χ4v) is 4.16. The fraction of sp³-hybridized carbons (Fsp3) is 0.538. The zero-order chi connectivity index (χ0) is 14.9. The Morgan fingerprint density at radius 2 is 1.90 bits per heavy atom. The number of hydrogen-bond donors (Lipinski definition) is 1. The molecule has 0 aromatic heterocycles. The van der Waals surface area contributed by atoms with Crippen LogP contribution in [-0.4, -0.2) is 50.8 Å². The molecule has 2 N–H and O–H groups in total. The van der Waals surface area contributed by atoms with E-state index in [1.165, 1.54) is 16.4 Å². The van der Waals surface area contributed by atoms with Crippen LogP contribution in [0.3, 0.4) is 0 Å². The third kappa shape index (κ3) is 2.79. The number of piperidine rings is 1. The molecule has 0 spiro atoms. The highest BCUT2D eigenvalue weighted by molar-refractivity contribution is 7.89. The van der Waals surface area contributed by atoms with Crippen LogP contribution in [0.25, 0.3) is 0 Å². The van der Waals surface area contributed by atoms with E-state index in [4.69, 9.17) is 5.73 Å². The first-order valence-electron chi connectivity index (χ1n) is 6.54. The summed E-state index contributed by atoms with van der Waals surface area (Å²) in [4.78, 5) is 1.69. The maximum atomic E-state index is 13.8. The molecule has 0 bridgehead atoms. The smallest absolute Gasteiger partial charge is 0.248 e. The van der Waals surface area contributed by atoms with Crippen molar-refractivity contribution in [1.29, 1.82) is 0 Å². The maximum Gasteiger partial charge on any atom is 0.248 e. The molecule has 7 heteroatoms. The summed E-state index contributed by atoms with van der Waals surface area (Å²) < 4.78 is 40.1. The molecule has 0 amide bonds. The summed E-state index contributed by atoms with van der Waals surface area (Å²) in [6, 6.07) is 4.29. The van der Waals surface area contributed by atoms with Gasteiger partial charge < -0.3 is 10.6 Å². The molecule has 0 atom stereocenters. The normalized spacial score (nSPS) is 18.6. The second-order valence-corrected chi connectivity index (χ2v) is 7.13. The molecule has 0 radical (unpaired) electrons. The molecule has 1 aromatic carbocycles. The highest BCUT2D eigenvalue weighted by atomic mass is 32.2. The van der Waals surface area contributed by atoms with Gasteiger partial charge in [0.2, 0.25) is 10.0 Å². The number of anilines is 1. The summed E-state index contributed by atoms with van der Waals surface area (Å²) >= 11 is 0. The van der Waals surface area contributed by atoms with Crippen LogP contribution in [0.5, 0.6) is 0 Å². The molecule has 1 heterocycles. The van der Waals surface area contributed by atoms with E-state index in [-0.39, 0.29) is 5.69 Å². The van der Waals surface area contributed by atoms with Gasteiger partial charge in [-0.3, -0.25) is 0 Å². The minimum atomic E-state index is -3.86. The summed E-state index contributed by atoms with van der Waals surface area (Å²) in [5.74, 6) is -0.792. The number of nitrogens with two attached hydrogens (primary N) is 1. The molecule has 0 unspecified atom stereocenters. The summed E-state index contributed by atoms with van der Waals surface area (Å²) in [6.45, 7) is 0.776. The number of rotatable bonds is 3. The highest BCUT2D eigenvalue weighted by Gasteiger charge is 2.33. The Morgan fingerprint density at radius 3 is 2.40 bits per heavy atom. The minimum absolute atomic E-state index is 0.0419. The van der Waals surface area contributed by atoms with Crippen LogP contribution in [0.4, 0.5) is 10.1 Å². The fourth-order valence-electron chi connectivity index (χ4n) is 2.53. The molecule has 0 saturated carbocycles. The third-order valence-corrected chi connectivity index (χ3v) is 5.74. The highest BCUT2D eigenvalue weighted by Crippen LogP contribution is 2.28. The van der Waals surface area contributed by atoms with Crippen molar-refractivity contribution >= 4 is 15.7 Å². The summed E-state index contributed by atoms with van der Waals surface area (Å²) in [5, 5.41) is 0. The van der Waals surface area contributed by atoms with E-state index in [9.17, 15) is 12.8 Å². The molecule has 1 aromatic rings. The van der Waals surface area contributed by atoms with Gasteiger partial charge in [-0.2, -0.15) is 4.31 Å². The van der Waals surface area contributed by atoms with Gasteiger partial charge in [0, 0.05) is 19.1 Å². The second kappa shape index (κ2) is 5.67. The summed E-state index contributed by atoms with van der Waals surface area (Å²) in [5.41, 5.74) is 5.59. The van der Waals surface area contributed by atoms with Crippen LogP contribution >= 0.6 is 0 Å². The molecule has 0 aliphatic carbocycles. The molecular formula is C13H20FN3O2S.